The van der Waals surface area contributed by atoms with Gasteiger partial charge in [-0.05, 0) is 109 Å². The molecule has 0 aromatic heterocycles. The fourth-order valence-electron chi connectivity index (χ4n) is 9.41. The summed E-state index contributed by atoms with van der Waals surface area (Å²) in [6.45, 7) is 4.63. The Hall–Kier alpha value is -4.31. The van der Waals surface area contributed by atoms with Crippen LogP contribution in [0.4, 0.5) is 0 Å². The van der Waals surface area contributed by atoms with Crippen molar-refractivity contribution >= 4 is 17.9 Å². The Morgan fingerprint density at radius 2 is 0.671 bits per heavy atom. The van der Waals surface area contributed by atoms with E-state index in [1.807, 2.05) is 21.1 Å². The normalized spacial score (nSPS) is 13.5. The number of hydrogen-bond acceptors (Lipinski definition) is 8. The predicted molar refractivity (Wildman–Crippen MR) is 361 cm³/mol. The predicted octanol–water partition coefficient (Wildman–Crippen LogP) is 20.2. The van der Waals surface area contributed by atoms with Gasteiger partial charge in [-0.2, -0.15) is 0 Å². The monoisotopic (exact) mass is 1180 g/mol. The van der Waals surface area contributed by atoms with E-state index in [1.165, 1.54) is 148 Å². The highest BCUT2D eigenvalue weighted by Crippen LogP contribution is 2.16. The number of hydrogen-bond donors (Lipinski definition) is 0. The van der Waals surface area contributed by atoms with Crippen molar-refractivity contribution < 1.29 is 42.9 Å². The maximum atomic E-state index is 12.9. The molecule has 0 heterocycles. The van der Waals surface area contributed by atoms with Gasteiger partial charge in [0.05, 0.1) is 40.3 Å². The first-order chi connectivity index (χ1) is 41.6. The second-order valence-corrected chi connectivity index (χ2v) is 24.1. The number of rotatable bonds is 63. The molecule has 0 saturated carbocycles. The molecule has 0 saturated heterocycles. The number of quaternary nitrogens is 1. The number of carbonyl (C=O) groups excluding carboxylic acids is 3. The van der Waals surface area contributed by atoms with Crippen LogP contribution < -0.4 is 5.11 Å². The third-order valence-corrected chi connectivity index (χ3v) is 14.7. The third kappa shape index (κ3) is 67.1. The van der Waals surface area contributed by atoms with Gasteiger partial charge in [0, 0.05) is 12.8 Å². The fourth-order valence-corrected chi connectivity index (χ4v) is 9.41. The Kier molecular flexibility index (Phi) is 62.3. The number of likely N-dealkylation sites (N-methyl/N-ethyl adjacent to an activating group) is 1. The van der Waals surface area contributed by atoms with Crippen LogP contribution in [0.25, 0.3) is 0 Å². The molecule has 85 heavy (non-hydrogen) atoms. The molecule has 0 aliphatic carbocycles. The SMILES string of the molecule is CC/C=C\C/C=C\C/C=C\C/C=C\C/C=C\C/C=C\C/C=C\CCCCCCCCCCCC(=O)OC(COC(=O)CCCCCCCCCCCCCCCC/C=C\C/C=C\C/C=C\CCCCCCC)COC(OCC[N+](C)(C)C)C(=O)[O-]. The number of esters is 2. The Morgan fingerprint density at radius 1 is 0.365 bits per heavy atom. The number of aliphatic carboxylic acids is 1. The summed E-state index contributed by atoms with van der Waals surface area (Å²) in [5.74, 6) is -2.29. The molecule has 0 amide bonds. The summed E-state index contributed by atoms with van der Waals surface area (Å²) in [6, 6.07) is 0. The zero-order valence-electron chi connectivity index (χ0n) is 55.4. The Labute approximate surface area is 523 Å². The molecule has 0 aliphatic heterocycles. The average Bonchev–Trinajstić information content (AvgIpc) is 3.49. The molecule has 0 spiro atoms. The van der Waals surface area contributed by atoms with Crippen LogP contribution in [0.2, 0.25) is 0 Å². The first kappa shape index (κ1) is 80.7. The van der Waals surface area contributed by atoms with Crippen LogP contribution in [0.15, 0.2) is 122 Å². The van der Waals surface area contributed by atoms with Crippen LogP contribution >= 0.6 is 0 Å². The van der Waals surface area contributed by atoms with Crippen LogP contribution in [0.5, 0.6) is 0 Å². The van der Waals surface area contributed by atoms with Crippen molar-refractivity contribution in [2.45, 2.75) is 296 Å². The summed E-state index contributed by atoms with van der Waals surface area (Å²) in [4.78, 5) is 37.5. The number of carboxylic acid groups (broad SMARTS) is 1. The minimum absolute atomic E-state index is 0.141. The highest BCUT2D eigenvalue weighted by molar-refractivity contribution is 5.70. The van der Waals surface area contributed by atoms with E-state index >= 15 is 0 Å². The maximum Gasteiger partial charge on any atom is 0.306 e. The molecule has 0 aromatic rings. The summed E-state index contributed by atoms with van der Waals surface area (Å²) in [5, 5.41) is 11.8. The topological polar surface area (TPSA) is 111 Å². The van der Waals surface area contributed by atoms with Crippen molar-refractivity contribution in [2.24, 2.45) is 0 Å². The van der Waals surface area contributed by atoms with Crippen molar-refractivity contribution in [3.8, 4) is 0 Å². The Bertz CT molecular complexity index is 1810. The van der Waals surface area contributed by atoms with Crippen LogP contribution in [-0.2, 0) is 33.3 Å². The van der Waals surface area contributed by atoms with Gasteiger partial charge in [-0.15, -0.1) is 0 Å². The minimum Gasteiger partial charge on any atom is -0.545 e. The molecule has 0 bridgehead atoms. The van der Waals surface area contributed by atoms with Crippen molar-refractivity contribution in [2.75, 3.05) is 47.5 Å². The van der Waals surface area contributed by atoms with Crippen molar-refractivity contribution in [3.05, 3.63) is 122 Å². The summed E-state index contributed by atoms with van der Waals surface area (Å²) >= 11 is 0. The molecule has 0 aliphatic rings. The van der Waals surface area contributed by atoms with Gasteiger partial charge >= 0.3 is 11.9 Å². The number of nitrogens with zero attached hydrogens (tertiary/aromatic N) is 1. The summed E-state index contributed by atoms with van der Waals surface area (Å²) in [7, 11) is 5.92. The molecule has 486 valence electrons. The fraction of sp³-hybridized carbons (Fsp3) is 0.697. The molecule has 0 radical (unpaired) electrons. The van der Waals surface area contributed by atoms with Crippen molar-refractivity contribution in [3.63, 3.8) is 0 Å². The molecule has 0 N–H and O–H groups in total. The quantitative estimate of drug-likeness (QED) is 0.0195. The number of carboxylic acids is 1. The van der Waals surface area contributed by atoms with Gasteiger partial charge < -0.3 is 33.3 Å². The van der Waals surface area contributed by atoms with Crippen LogP contribution in [0.3, 0.4) is 0 Å². The van der Waals surface area contributed by atoms with Gasteiger partial charge in [0.2, 0.25) is 0 Å². The largest absolute Gasteiger partial charge is 0.545 e. The molecular weight excluding hydrogens is 1050 g/mol. The van der Waals surface area contributed by atoms with E-state index in [9.17, 15) is 19.5 Å². The van der Waals surface area contributed by atoms with Crippen LogP contribution in [-0.4, -0.2) is 82.3 Å². The van der Waals surface area contributed by atoms with Gasteiger partial charge in [-0.25, -0.2) is 0 Å². The first-order valence-corrected chi connectivity index (χ1v) is 34.7. The van der Waals surface area contributed by atoms with Gasteiger partial charge in [0.1, 0.15) is 13.2 Å². The molecule has 2 atom stereocenters. The number of allylic oxidation sites excluding steroid dienone is 20. The van der Waals surface area contributed by atoms with E-state index in [-0.39, 0.29) is 38.6 Å². The lowest BCUT2D eigenvalue weighted by Gasteiger charge is -2.26. The standard InChI is InChI=1S/C76H129NO8/c1-6-8-10-12-14-16-18-20-22-24-26-28-30-32-34-36-37-39-41-43-45-47-49-51-53-55-57-59-61-63-65-67-74(79)85-72(71-84-76(75(80)81)82-69-68-77(3,4)5)70-83-73(78)66-64-62-60-58-56-54-52-50-48-46-44-42-40-38-35-33-31-29-27-25-23-21-19-17-15-13-11-9-7-2/h8,10,14,16,19-22,25-28,31-34,37,39,43,45,72,76H,6-7,9,11-13,15,17-18,23-24,29-30,35-36,38,40-42,44,46-71H2,1-5H3/b10-8-,16-14-,21-19-,22-20-,27-25-,28-26-,33-31-,34-32-,39-37-,45-43-. The maximum absolute atomic E-state index is 12.9. The second kappa shape index (κ2) is 65.7. The molecule has 0 fully saturated rings. The lowest BCUT2D eigenvalue weighted by atomic mass is 10.0. The van der Waals surface area contributed by atoms with Crippen LogP contribution in [0.1, 0.15) is 284 Å². The summed E-state index contributed by atoms with van der Waals surface area (Å²) in [6.07, 6.45) is 89.8. The third-order valence-electron chi connectivity index (χ3n) is 14.7. The van der Waals surface area contributed by atoms with E-state index in [1.54, 1.807) is 0 Å². The van der Waals surface area contributed by atoms with E-state index in [4.69, 9.17) is 18.9 Å². The lowest BCUT2D eigenvalue weighted by Crippen LogP contribution is -2.44. The van der Waals surface area contributed by atoms with Gasteiger partial charge in [0.25, 0.3) is 0 Å². The number of unbranched alkanes of at least 4 members (excludes halogenated alkanes) is 28. The van der Waals surface area contributed by atoms with E-state index in [2.05, 4.69) is 135 Å². The summed E-state index contributed by atoms with van der Waals surface area (Å²) in [5.41, 5.74) is 0. The van der Waals surface area contributed by atoms with Gasteiger partial charge in [-0.3, -0.25) is 9.59 Å². The van der Waals surface area contributed by atoms with E-state index in [0.717, 1.165) is 103 Å². The summed E-state index contributed by atoms with van der Waals surface area (Å²) < 4.78 is 22.8. The molecular formula is C76H129NO8. The molecule has 9 heteroatoms. The lowest BCUT2D eigenvalue weighted by molar-refractivity contribution is -0.870. The van der Waals surface area contributed by atoms with E-state index in [0.29, 0.717) is 17.4 Å². The highest BCUT2D eigenvalue weighted by Gasteiger charge is 2.22. The molecule has 0 aromatic carbocycles. The smallest absolute Gasteiger partial charge is 0.306 e. The van der Waals surface area contributed by atoms with Gasteiger partial charge in [0.15, 0.2) is 12.4 Å². The van der Waals surface area contributed by atoms with Crippen molar-refractivity contribution in [1.29, 1.82) is 0 Å². The first-order valence-electron chi connectivity index (χ1n) is 34.7. The average molecular weight is 1180 g/mol. The van der Waals surface area contributed by atoms with E-state index < -0.39 is 24.3 Å². The number of carbonyl (C=O) groups is 3. The molecule has 0 rings (SSSR count). The Morgan fingerprint density at radius 3 is 1.00 bits per heavy atom. The highest BCUT2D eigenvalue weighted by atomic mass is 16.7. The zero-order chi connectivity index (χ0) is 61.9. The Balaban J connectivity index is 4.18. The molecule has 9 nitrogen and oxygen atoms in total. The second-order valence-electron chi connectivity index (χ2n) is 24.1. The number of ether oxygens (including phenoxy) is 4. The van der Waals surface area contributed by atoms with Gasteiger partial charge in [-0.1, -0.05) is 283 Å². The molecule has 2 unspecified atom stereocenters. The minimum atomic E-state index is -1.63. The zero-order valence-corrected chi connectivity index (χ0v) is 55.4. The van der Waals surface area contributed by atoms with Crippen molar-refractivity contribution in [1.82, 2.24) is 0 Å². The van der Waals surface area contributed by atoms with Crippen LogP contribution in [0, 0.1) is 0 Å².